The molecule has 0 aromatic heterocycles. The molecule has 0 heterocycles. The third-order valence-corrected chi connectivity index (χ3v) is 4.45. The zero-order chi connectivity index (χ0) is 19.9. The third kappa shape index (κ3) is 6.60. The molecule has 0 saturated heterocycles. The van der Waals surface area contributed by atoms with Crippen LogP contribution in [0.3, 0.4) is 0 Å². The molecule has 6 nitrogen and oxygen atoms in total. The topological polar surface area (TPSA) is 72.9 Å². The molecule has 0 bridgehead atoms. The minimum absolute atomic E-state index is 0.0532. The first-order valence-corrected chi connectivity index (χ1v) is 10.6. The van der Waals surface area contributed by atoms with Crippen LogP contribution in [0.5, 0.6) is 11.5 Å². The van der Waals surface area contributed by atoms with Gasteiger partial charge >= 0.3 is 10.1 Å². The van der Waals surface area contributed by atoms with Gasteiger partial charge in [-0.2, -0.15) is 8.42 Å². The van der Waals surface area contributed by atoms with E-state index in [2.05, 4.69) is 6.92 Å². The number of amides is 1. The first-order chi connectivity index (χ1) is 12.8. The SMILES string of the molecule is CCCCN(Cc1ccc(OS(C)(=O)=O)cc1)C(=O)c1ccc(OC)cc1. The summed E-state index contributed by atoms with van der Waals surface area (Å²) in [6, 6.07) is 13.7. The van der Waals surface area contributed by atoms with Crippen molar-refractivity contribution in [3.8, 4) is 11.5 Å². The predicted octanol–water partition coefficient (Wildman–Crippen LogP) is 3.48. The van der Waals surface area contributed by atoms with Crippen molar-refractivity contribution in [3.05, 3.63) is 59.7 Å². The van der Waals surface area contributed by atoms with Crippen molar-refractivity contribution in [1.29, 1.82) is 0 Å². The van der Waals surface area contributed by atoms with Gasteiger partial charge in [0.25, 0.3) is 5.91 Å². The van der Waals surface area contributed by atoms with Crippen molar-refractivity contribution >= 4 is 16.0 Å². The fraction of sp³-hybridized carbons (Fsp3) is 0.350. The Morgan fingerprint density at radius 2 is 1.59 bits per heavy atom. The molecule has 0 spiro atoms. The minimum atomic E-state index is -3.56. The van der Waals surface area contributed by atoms with E-state index < -0.39 is 10.1 Å². The molecule has 146 valence electrons. The zero-order valence-corrected chi connectivity index (χ0v) is 16.7. The summed E-state index contributed by atoms with van der Waals surface area (Å²) in [5, 5.41) is 0. The molecule has 2 aromatic carbocycles. The molecule has 0 aliphatic rings. The molecule has 27 heavy (non-hydrogen) atoms. The molecule has 0 saturated carbocycles. The molecule has 1 amide bonds. The Hall–Kier alpha value is -2.54. The molecule has 0 aliphatic heterocycles. The average Bonchev–Trinajstić information content (AvgIpc) is 2.65. The Balaban J connectivity index is 2.14. The first kappa shape index (κ1) is 20.8. The van der Waals surface area contributed by atoms with Crippen molar-refractivity contribution < 1.29 is 22.1 Å². The summed E-state index contributed by atoms with van der Waals surface area (Å²) < 4.78 is 32.4. The standard InChI is InChI=1S/C20H25NO5S/c1-4-5-14-21(20(22)17-8-12-18(25-2)13-9-17)15-16-6-10-19(11-7-16)26-27(3,23)24/h6-13H,4-5,14-15H2,1-3H3. The summed E-state index contributed by atoms with van der Waals surface area (Å²) >= 11 is 0. The molecule has 0 atom stereocenters. The molecule has 2 aromatic rings. The van der Waals surface area contributed by atoms with Gasteiger partial charge in [0.2, 0.25) is 0 Å². The molecular weight excluding hydrogens is 366 g/mol. The Morgan fingerprint density at radius 3 is 2.11 bits per heavy atom. The van der Waals surface area contributed by atoms with Gasteiger partial charge in [0, 0.05) is 18.7 Å². The summed E-state index contributed by atoms with van der Waals surface area (Å²) in [6.07, 6.45) is 2.88. The number of hydrogen-bond donors (Lipinski definition) is 0. The van der Waals surface area contributed by atoms with Crippen molar-refractivity contribution in [2.24, 2.45) is 0 Å². The van der Waals surface area contributed by atoms with Crippen LogP contribution in [0.15, 0.2) is 48.5 Å². The van der Waals surface area contributed by atoms with Gasteiger partial charge in [-0.05, 0) is 48.4 Å². The smallest absolute Gasteiger partial charge is 0.306 e. The lowest BCUT2D eigenvalue weighted by Gasteiger charge is -2.23. The van der Waals surface area contributed by atoms with E-state index in [-0.39, 0.29) is 11.7 Å². The van der Waals surface area contributed by atoms with E-state index in [4.69, 9.17) is 8.92 Å². The maximum atomic E-state index is 12.9. The zero-order valence-electron chi connectivity index (χ0n) is 15.8. The van der Waals surface area contributed by atoms with Crippen LogP contribution in [-0.4, -0.2) is 39.1 Å². The molecule has 0 aliphatic carbocycles. The molecule has 0 N–H and O–H groups in total. The van der Waals surface area contributed by atoms with Gasteiger partial charge in [-0.25, -0.2) is 0 Å². The van der Waals surface area contributed by atoms with Crippen LogP contribution in [-0.2, 0) is 16.7 Å². The van der Waals surface area contributed by atoms with E-state index in [0.29, 0.717) is 24.4 Å². The highest BCUT2D eigenvalue weighted by Gasteiger charge is 2.16. The van der Waals surface area contributed by atoms with Crippen molar-refractivity contribution in [3.63, 3.8) is 0 Å². The van der Waals surface area contributed by atoms with Gasteiger partial charge in [0.1, 0.15) is 11.5 Å². The van der Waals surface area contributed by atoms with Gasteiger partial charge in [-0.1, -0.05) is 25.5 Å². The van der Waals surface area contributed by atoms with E-state index in [9.17, 15) is 13.2 Å². The van der Waals surface area contributed by atoms with Crippen LogP contribution in [0.4, 0.5) is 0 Å². The monoisotopic (exact) mass is 391 g/mol. The van der Waals surface area contributed by atoms with Gasteiger partial charge in [-0.3, -0.25) is 4.79 Å². The second kappa shape index (κ2) is 9.41. The second-order valence-corrected chi connectivity index (χ2v) is 7.82. The Labute approximate surface area is 160 Å². The van der Waals surface area contributed by atoms with E-state index in [0.717, 1.165) is 24.7 Å². The number of carbonyl (C=O) groups excluding carboxylic acids is 1. The summed E-state index contributed by atoms with van der Waals surface area (Å²) in [4.78, 5) is 14.7. The van der Waals surface area contributed by atoms with E-state index in [1.165, 1.54) is 0 Å². The van der Waals surface area contributed by atoms with E-state index >= 15 is 0 Å². The lowest BCUT2D eigenvalue weighted by molar-refractivity contribution is 0.0741. The highest BCUT2D eigenvalue weighted by molar-refractivity contribution is 7.86. The first-order valence-electron chi connectivity index (χ1n) is 8.74. The van der Waals surface area contributed by atoms with Crippen LogP contribution in [0.1, 0.15) is 35.7 Å². The average molecular weight is 391 g/mol. The largest absolute Gasteiger partial charge is 0.497 e. The maximum absolute atomic E-state index is 12.9. The third-order valence-electron chi connectivity index (χ3n) is 3.95. The van der Waals surface area contributed by atoms with Gasteiger partial charge in [0.05, 0.1) is 13.4 Å². The number of ether oxygens (including phenoxy) is 1. The molecule has 7 heteroatoms. The maximum Gasteiger partial charge on any atom is 0.306 e. The molecule has 0 radical (unpaired) electrons. The fourth-order valence-corrected chi connectivity index (χ4v) is 3.02. The van der Waals surface area contributed by atoms with E-state index in [1.54, 1.807) is 60.5 Å². The van der Waals surface area contributed by atoms with Crippen LogP contribution >= 0.6 is 0 Å². The molecule has 0 fully saturated rings. The van der Waals surface area contributed by atoms with Crippen LogP contribution in [0, 0.1) is 0 Å². The molecule has 0 unspecified atom stereocenters. The summed E-state index contributed by atoms with van der Waals surface area (Å²) in [5.74, 6) is 0.901. The van der Waals surface area contributed by atoms with Crippen molar-refractivity contribution in [2.45, 2.75) is 26.3 Å². The number of rotatable bonds is 9. The number of methoxy groups -OCH3 is 1. The summed E-state index contributed by atoms with van der Waals surface area (Å²) in [5.41, 5.74) is 1.50. The Bertz CT molecular complexity index is 845. The van der Waals surface area contributed by atoms with Gasteiger partial charge in [0.15, 0.2) is 0 Å². The number of benzene rings is 2. The van der Waals surface area contributed by atoms with Gasteiger partial charge < -0.3 is 13.8 Å². The number of hydrogen-bond acceptors (Lipinski definition) is 5. The fourth-order valence-electron chi connectivity index (χ4n) is 2.56. The minimum Gasteiger partial charge on any atom is -0.497 e. The van der Waals surface area contributed by atoms with Crippen molar-refractivity contribution in [1.82, 2.24) is 4.90 Å². The Kier molecular flexibility index (Phi) is 7.24. The Morgan fingerprint density at radius 1 is 1.00 bits per heavy atom. The molecule has 2 rings (SSSR count). The highest BCUT2D eigenvalue weighted by Crippen LogP contribution is 2.18. The van der Waals surface area contributed by atoms with Crippen molar-refractivity contribution in [2.75, 3.05) is 19.9 Å². The number of carbonyl (C=O) groups is 1. The lowest BCUT2D eigenvalue weighted by atomic mass is 10.1. The van der Waals surface area contributed by atoms with E-state index in [1.807, 2.05) is 0 Å². The summed E-state index contributed by atoms with van der Waals surface area (Å²) in [7, 11) is -1.97. The quantitative estimate of drug-likeness (QED) is 0.612. The van der Waals surface area contributed by atoms with Gasteiger partial charge in [-0.15, -0.1) is 0 Å². The summed E-state index contributed by atoms with van der Waals surface area (Å²) in [6.45, 7) is 3.15. The normalized spacial score (nSPS) is 11.1. The van der Waals surface area contributed by atoms with Crippen LogP contribution in [0.25, 0.3) is 0 Å². The van der Waals surface area contributed by atoms with Crippen LogP contribution in [0.2, 0.25) is 0 Å². The lowest BCUT2D eigenvalue weighted by Crippen LogP contribution is -2.31. The predicted molar refractivity (Wildman–Crippen MR) is 105 cm³/mol. The van der Waals surface area contributed by atoms with Crippen LogP contribution < -0.4 is 8.92 Å². The number of unbranched alkanes of at least 4 members (excludes halogenated alkanes) is 1. The number of nitrogens with zero attached hydrogens (tertiary/aromatic N) is 1. The second-order valence-electron chi connectivity index (χ2n) is 6.24. The molecular formula is C20H25NO5S. The highest BCUT2D eigenvalue weighted by atomic mass is 32.2.